The van der Waals surface area contributed by atoms with E-state index in [2.05, 4.69) is 15.2 Å². The number of halogens is 1. The summed E-state index contributed by atoms with van der Waals surface area (Å²) in [6.07, 6.45) is -0.0987. The maximum Gasteiger partial charge on any atom is 0.278 e. The van der Waals surface area contributed by atoms with Gasteiger partial charge in [-0.3, -0.25) is 4.68 Å². The summed E-state index contributed by atoms with van der Waals surface area (Å²) in [5, 5.41) is 8.60. The molecule has 0 amide bonds. The number of hydrogen-bond donors (Lipinski definition) is 0. The number of ether oxygens (including phenoxy) is 2. The van der Waals surface area contributed by atoms with Crippen molar-refractivity contribution >= 4 is 0 Å². The van der Waals surface area contributed by atoms with Crippen molar-refractivity contribution in [3.63, 3.8) is 0 Å². The number of hydrogen-bond acceptors (Lipinski definition) is 6. The van der Waals surface area contributed by atoms with E-state index >= 15 is 0 Å². The predicted octanol–water partition coefficient (Wildman–Crippen LogP) is 4.41. The van der Waals surface area contributed by atoms with Crippen molar-refractivity contribution in [3.8, 4) is 28.7 Å². The maximum atomic E-state index is 13.1. The smallest absolute Gasteiger partial charge is 0.278 e. The van der Waals surface area contributed by atoms with Gasteiger partial charge >= 0.3 is 0 Å². The highest BCUT2D eigenvalue weighted by molar-refractivity contribution is 5.57. The largest absolute Gasteiger partial charge is 0.494 e. The molecule has 8 heteroatoms. The van der Waals surface area contributed by atoms with Crippen LogP contribution in [0.4, 0.5) is 4.39 Å². The molecule has 0 radical (unpaired) electrons. The lowest BCUT2D eigenvalue weighted by atomic mass is 10.1. The van der Waals surface area contributed by atoms with Crippen LogP contribution in [0.15, 0.2) is 59.1 Å². The standard InChI is InChI=1S/C22H19FN4O3/c1-2-28-18-9-5-14(6-10-18)20-12-27-17(13-29-20)11-19(25-27)22-24-21(26-30-22)15-3-7-16(23)8-4-15/h3-11,20H,2,12-13H2,1H3/t20-/m1/s1. The van der Waals surface area contributed by atoms with E-state index in [0.717, 1.165) is 17.0 Å². The summed E-state index contributed by atoms with van der Waals surface area (Å²) in [6.45, 7) is 3.62. The normalized spacial score (nSPS) is 15.7. The minimum Gasteiger partial charge on any atom is -0.494 e. The lowest BCUT2D eigenvalue weighted by molar-refractivity contribution is -0.00115. The Bertz CT molecular complexity index is 1150. The Hall–Kier alpha value is -3.52. The molecule has 5 rings (SSSR count). The summed E-state index contributed by atoms with van der Waals surface area (Å²) in [5.74, 6) is 1.23. The number of rotatable bonds is 5. The fourth-order valence-electron chi connectivity index (χ4n) is 3.42. The first-order valence-electron chi connectivity index (χ1n) is 9.70. The third-order valence-corrected chi connectivity index (χ3v) is 4.94. The molecule has 2 aromatic carbocycles. The zero-order valence-corrected chi connectivity index (χ0v) is 16.3. The maximum absolute atomic E-state index is 13.1. The van der Waals surface area contributed by atoms with Crippen LogP contribution in [-0.2, 0) is 17.9 Å². The van der Waals surface area contributed by atoms with Crippen LogP contribution in [0.25, 0.3) is 23.0 Å². The molecule has 0 saturated heterocycles. The second-order valence-electron chi connectivity index (χ2n) is 6.93. The SMILES string of the molecule is CCOc1ccc([C@H]2Cn3nc(-c4nc(-c5ccc(F)cc5)no4)cc3CO2)cc1. The zero-order chi connectivity index (χ0) is 20.5. The number of benzene rings is 2. The Morgan fingerprint density at radius 3 is 2.70 bits per heavy atom. The minimum atomic E-state index is -0.314. The van der Waals surface area contributed by atoms with Crippen LogP contribution in [0.1, 0.15) is 24.3 Å². The van der Waals surface area contributed by atoms with Crippen molar-refractivity contribution in [3.05, 3.63) is 71.7 Å². The highest BCUT2D eigenvalue weighted by Crippen LogP contribution is 2.30. The van der Waals surface area contributed by atoms with Gasteiger partial charge in [0, 0.05) is 5.56 Å². The van der Waals surface area contributed by atoms with E-state index in [9.17, 15) is 4.39 Å². The highest BCUT2D eigenvalue weighted by atomic mass is 19.1. The van der Waals surface area contributed by atoms with Gasteiger partial charge in [-0.25, -0.2) is 4.39 Å². The molecule has 0 spiro atoms. The molecule has 152 valence electrons. The second kappa shape index (κ2) is 7.72. The van der Waals surface area contributed by atoms with E-state index in [1.807, 2.05) is 41.9 Å². The lowest BCUT2D eigenvalue weighted by Crippen LogP contribution is -2.21. The van der Waals surface area contributed by atoms with Crippen LogP contribution in [0, 0.1) is 5.82 Å². The van der Waals surface area contributed by atoms with Gasteiger partial charge in [-0.2, -0.15) is 10.1 Å². The average Bonchev–Trinajstić information content (AvgIpc) is 3.42. The molecule has 0 aliphatic carbocycles. The quantitative estimate of drug-likeness (QED) is 0.489. The van der Waals surface area contributed by atoms with Crippen LogP contribution in [0.3, 0.4) is 0 Å². The van der Waals surface area contributed by atoms with Crippen molar-refractivity contribution < 1.29 is 18.4 Å². The Morgan fingerprint density at radius 1 is 1.13 bits per heavy atom. The Balaban J connectivity index is 1.34. The van der Waals surface area contributed by atoms with Gasteiger partial charge in [-0.15, -0.1) is 0 Å². The predicted molar refractivity (Wildman–Crippen MR) is 106 cm³/mol. The van der Waals surface area contributed by atoms with E-state index in [4.69, 9.17) is 14.0 Å². The molecule has 2 aromatic heterocycles. The summed E-state index contributed by atoms with van der Waals surface area (Å²) in [5.41, 5.74) is 3.27. The fraction of sp³-hybridized carbons (Fsp3) is 0.227. The molecule has 30 heavy (non-hydrogen) atoms. The monoisotopic (exact) mass is 406 g/mol. The molecule has 0 unspecified atom stereocenters. The Morgan fingerprint density at radius 2 is 1.93 bits per heavy atom. The zero-order valence-electron chi connectivity index (χ0n) is 16.3. The molecular weight excluding hydrogens is 387 g/mol. The fourth-order valence-corrected chi connectivity index (χ4v) is 3.42. The van der Waals surface area contributed by atoms with Crippen LogP contribution >= 0.6 is 0 Å². The van der Waals surface area contributed by atoms with Gasteiger partial charge < -0.3 is 14.0 Å². The van der Waals surface area contributed by atoms with E-state index in [-0.39, 0.29) is 11.9 Å². The minimum absolute atomic E-state index is 0.0987. The number of nitrogens with zero attached hydrogens (tertiary/aromatic N) is 4. The topological polar surface area (TPSA) is 75.2 Å². The lowest BCUT2D eigenvalue weighted by Gasteiger charge is -2.24. The molecule has 0 saturated carbocycles. The van der Waals surface area contributed by atoms with Gasteiger partial charge in [0.15, 0.2) is 5.69 Å². The average molecular weight is 406 g/mol. The van der Waals surface area contributed by atoms with Crippen LogP contribution in [-0.4, -0.2) is 26.5 Å². The van der Waals surface area contributed by atoms with Gasteiger partial charge in [0.05, 0.1) is 25.5 Å². The Kier molecular flexibility index (Phi) is 4.76. The van der Waals surface area contributed by atoms with Crippen LogP contribution < -0.4 is 4.74 Å². The first-order chi connectivity index (χ1) is 14.7. The second-order valence-corrected chi connectivity index (χ2v) is 6.93. The van der Waals surface area contributed by atoms with E-state index in [0.29, 0.717) is 42.7 Å². The summed E-state index contributed by atoms with van der Waals surface area (Å²) in [7, 11) is 0. The molecule has 3 heterocycles. The molecule has 0 N–H and O–H groups in total. The Labute approximate surface area is 172 Å². The van der Waals surface area contributed by atoms with E-state index < -0.39 is 0 Å². The van der Waals surface area contributed by atoms with Gasteiger partial charge in [0.25, 0.3) is 5.89 Å². The van der Waals surface area contributed by atoms with Crippen LogP contribution in [0.2, 0.25) is 0 Å². The van der Waals surface area contributed by atoms with Crippen molar-refractivity contribution in [2.24, 2.45) is 0 Å². The molecule has 0 bridgehead atoms. The van der Waals surface area contributed by atoms with Gasteiger partial charge in [-0.1, -0.05) is 17.3 Å². The first-order valence-corrected chi connectivity index (χ1v) is 9.70. The van der Waals surface area contributed by atoms with E-state index in [1.54, 1.807) is 12.1 Å². The summed E-state index contributed by atoms with van der Waals surface area (Å²) < 4.78 is 31.9. The van der Waals surface area contributed by atoms with Crippen LogP contribution in [0.5, 0.6) is 5.75 Å². The third-order valence-electron chi connectivity index (χ3n) is 4.94. The van der Waals surface area contributed by atoms with Crippen molar-refractivity contribution in [2.45, 2.75) is 26.2 Å². The summed E-state index contributed by atoms with van der Waals surface area (Å²) in [4.78, 5) is 4.40. The summed E-state index contributed by atoms with van der Waals surface area (Å²) in [6, 6.07) is 15.7. The molecule has 1 aliphatic heterocycles. The van der Waals surface area contributed by atoms with Crippen molar-refractivity contribution in [1.29, 1.82) is 0 Å². The third kappa shape index (κ3) is 3.57. The molecular formula is C22H19FN4O3. The summed E-state index contributed by atoms with van der Waals surface area (Å²) >= 11 is 0. The van der Waals surface area contributed by atoms with Crippen molar-refractivity contribution in [2.75, 3.05) is 6.61 Å². The molecule has 0 fully saturated rings. The van der Waals surface area contributed by atoms with Gasteiger partial charge in [-0.05, 0) is 55.0 Å². The highest BCUT2D eigenvalue weighted by Gasteiger charge is 2.24. The number of aromatic nitrogens is 4. The number of fused-ring (bicyclic) bond motifs is 1. The molecule has 7 nitrogen and oxygen atoms in total. The van der Waals surface area contributed by atoms with Gasteiger partial charge in [0.1, 0.15) is 17.7 Å². The van der Waals surface area contributed by atoms with Crippen molar-refractivity contribution in [1.82, 2.24) is 19.9 Å². The molecule has 4 aromatic rings. The first kappa shape index (κ1) is 18.5. The van der Waals surface area contributed by atoms with Gasteiger partial charge in [0.2, 0.25) is 5.82 Å². The molecule has 1 aliphatic rings. The van der Waals surface area contributed by atoms with E-state index in [1.165, 1.54) is 12.1 Å². The molecule has 1 atom stereocenters.